The van der Waals surface area contributed by atoms with Crippen molar-refractivity contribution >= 4 is 50.9 Å². The molecule has 3 heterocycles. The Labute approximate surface area is 213 Å². The van der Waals surface area contributed by atoms with Gasteiger partial charge in [0, 0.05) is 29.7 Å². The van der Waals surface area contributed by atoms with E-state index in [1.807, 2.05) is 52.8 Å². The molecule has 1 fully saturated rings. The van der Waals surface area contributed by atoms with E-state index in [-0.39, 0.29) is 5.91 Å². The first kappa shape index (κ1) is 24.8. The molecule has 0 radical (unpaired) electrons. The molecule has 1 amide bonds. The zero-order valence-electron chi connectivity index (χ0n) is 19.7. The number of rotatable bonds is 4. The predicted molar refractivity (Wildman–Crippen MR) is 145 cm³/mol. The van der Waals surface area contributed by atoms with E-state index in [1.54, 1.807) is 24.4 Å². The lowest BCUT2D eigenvalue weighted by atomic mass is 10.1. The molecule has 35 heavy (non-hydrogen) atoms. The van der Waals surface area contributed by atoms with E-state index in [2.05, 4.69) is 29.1 Å². The third-order valence-corrected chi connectivity index (χ3v) is 7.12. The Bertz CT molecular complexity index is 1380. The monoisotopic (exact) mass is 506 g/mol. The van der Waals surface area contributed by atoms with Crippen molar-refractivity contribution < 1.29 is 9.00 Å². The molecule has 2 aromatic heterocycles. The van der Waals surface area contributed by atoms with Crippen molar-refractivity contribution in [1.82, 2.24) is 9.97 Å². The van der Waals surface area contributed by atoms with Crippen LogP contribution < -0.4 is 9.62 Å². The molecule has 5 rings (SSSR count). The Kier molecular flexibility index (Phi) is 8.10. The summed E-state index contributed by atoms with van der Waals surface area (Å²) in [6, 6.07) is 20.3. The van der Waals surface area contributed by atoms with Gasteiger partial charge >= 0.3 is 0 Å². The Morgan fingerprint density at radius 3 is 2.63 bits per heavy atom. The highest BCUT2D eigenvalue weighted by Gasteiger charge is 2.22. The third kappa shape index (κ3) is 5.86. The third-order valence-electron chi connectivity index (χ3n) is 5.28. The summed E-state index contributed by atoms with van der Waals surface area (Å²) in [5.74, 6) is 0.343. The maximum atomic E-state index is 12.9. The summed E-state index contributed by atoms with van der Waals surface area (Å²) in [5.41, 5.74) is 5.08. The largest absolute Gasteiger partial charge is 0.322 e. The van der Waals surface area contributed by atoms with Crippen LogP contribution in [-0.2, 0) is 11.0 Å². The highest BCUT2D eigenvalue weighted by Crippen LogP contribution is 2.28. The topological polar surface area (TPSA) is 75.2 Å². The second kappa shape index (κ2) is 11.4. The maximum Gasteiger partial charge on any atom is 0.257 e. The highest BCUT2D eigenvalue weighted by atomic mass is 35.5. The van der Waals surface area contributed by atoms with Gasteiger partial charge < -0.3 is 5.32 Å². The molecule has 180 valence electrons. The first-order valence-electron chi connectivity index (χ1n) is 11.6. The van der Waals surface area contributed by atoms with E-state index >= 15 is 0 Å². The van der Waals surface area contributed by atoms with Crippen LogP contribution in [0.2, 0.25) is 5.02 Å². The van der Waals surface area contributed by atoms with Crippen LogP contribution in [0.1, 0.15) is 37.0 Å². The van der Waals surface area contributed by atoms with Gasteiger partial charge in [0.2, 0.25) is 0 Å². The van der Waals surface area contributed by atoms with Gasteiger partial charge in [-0.2, -0.15) is 0 Å². The Morgan fingerprint density at radius 2 is 1.89 bits per heavy atom. The number of fused-ring (bicyclic) bond motifs is 1. The zero-order chi connectivity index (χ0) is 24.8. The molecule has 1 atom stereocenters. The molecule has 1 saturated heterocycles. The zero-order valence-corrected chi connectivity index (χ0v) is 21.3. The number of hydrogen-bond acceptors (Lipinski definition) is 4. The lowest BCUT2D eigenvalue weighted by molar-refractivity contribution is 0.102. The van der Waals surface area contributed by atoms with E-state index < -0.39 is 11.0 Å². The van der Waals surface area contributed by atoms with Gasteiger partial charge in [-0.3, -0.25) is 14.1 Å². The molecule has 0 saturated carbocycles. The van der Waals surface area contributed by atoms with Crippen LogP contribution in [0.25, 0.3) is 22.3 Å². The number of carbonyl (C=O) groups is 1. The number of nitrogens with one attached hydrogen (secondary N) is 1. The van der Waals surface area contributed by atoms with Crippen LogP contribution in [0, 0.1) is 0 Å². The second-order valence-corrected chi connectivity index (χ2v) is 10.0. The highest BCUT2D eigenvalue weighted by molar-refractivity contribution is 7.86. The minimum atomic E-state index is -1.03. The molecule has 1 N–H and O–H groups in total. The van der Waals surface area contributed by atoms with Crippen LogP contribution >= 0.6 is 11.6 Å². The van der Waals surface area contributed by atoms with Gasteiger partial charge in [-0.05, 0) is 61.0 Å². The number of benzene rings is 2. The molecule has 2 aromatic carbocycles. The fourth-order valence-corrected chi connectivity index (χ4v) is 5.24. The molecule has 6 nitrogen and oxygen atoms in total. The van der Waals surface area contributed by atoms with Gasteiger partial charge in [-0.15, -0.1) is 0 Å². The SMILES string of the molecule is CCC.O=C(Nc1cccc(-c2ccc3ncccc3n2)c1)c1ccc(N2CCCS2=O)cc1Cl. The molecule has 0 bridgehead atoms. The van der Waals surface area contributed by atoms with E-state index in [0.717, 1.165) is 40.9 Å². The Balaban J connectivity index is 0.000000917. The van der Waals surface area contributed by atoms with Crippen LogP contribution in [0.5, 0.6) is 0 Å². The molecule has 1 aliphatic rings. The fraction of sp³-hybridized carbons (Fsp3) is 0.222. The van der Waals surface area contributed by atoms with Crippen molar-refractivity contribution in [2.75, 3.05) is 21.9 Å². The maximum absolute atomic E-state index is 12.9. The van der Waals surface area contributed by atoms with Crippen LogP contribution in [0.3, 0.4) is 0 Å². The Hall–Kier alpha value is -3.29. The predicted octanol–water partition coefficient (Wildman–Crippen LogP) is 6.49. The summed E-state index contributed by atoms with van der Waals surface area (Å²) >= 11 is 6.40. The molecular weight excluding hydrogens is 480 g/mol. The average Bonchev–Trinajstić information content (AvgIpc) is 3.30. The van der Waals surface area contributed by atoms with E-state index in [1.165, 1.54) is 6.42 Å². The molecule has 4 aromatic rings. The lowest BCUT2D eigenvalue weighted by Crippen LogP contribution is -2.20. The first-order chi connectivity index (χ1) is 17.0. The van der Waals surface area contributed by atoms with Crippen molar-refractivity contribution in [3.8, 4) is 11.3 Å². The van der Waals surface area contributed by atoms with E-state index in [9.17, 15) is 9.00 Å². The van der Waals surface area contributed by atoms with Crippen molar-refractivity contribution in [3.63, 3.8) is 0 Å². The normalized spacial score (nSPS) is 14.9. The summed E-state index contributed by atoms with van der Waals surface area (Å²) in [4.78, 5) is 21.8. The lowest BCUT2D eigenvalue weighted by Gasteiger charge is -2.17. The van der Waals surface area contributed by atoms with E-state index in [0.29, 0.717) is 22.0 Å². The number of carbonyl (C=O) groups excluding carboxylic acids is 1. The van der Waals surface area contributed by atoms with Crippen molar-refractivity contribution in [1.29, 1.82) is 0 Å². The summed E-state index contributed by atoms with van der Waals surface area (Å²) < 4.78 is 13.9. The summed E-state index contributed by atoms with van der Waals surface area (Å²) in [7, 11) is -1.03. The number of pyridine rings is 2. The summed E-state index contributed by atoms with van der Waals surface area (Å²) in [6.07, 6.45) is 3.87. The molecule has 8 heteroatoms. The van der Waals surface area contributed by atoms with Gasteiger partial charge in [-0.25, -0.2) is 9.19 Å². The minimum absolute atomic E-state index is 0.308. The minimum Gasteiger partial charge on any atom is -0.322 e. The van der Waals surface area contributed by atoms with Gasteiger partial charge in [0.25, 0.3) is 5.91 Å². The molecule has 1 aliphatic heterocycles. The number of aromatic nitrogens is 2. The van der Waals surface area contributed by atoms with Crippen molar-refractivity contribution in [2.45, 2.75) is 26.7 Å². The molecule has 0 aliphatic carbocycles. The summed E-state index contributed by atoms with van der Waals surface area (Å²) in [5, 5.41) is 3.23. The number of anilines is 2. The van der Waals surface area contributed by atoms with Crippen molar-refractivity contribution in [2.24, 2.45) is 0 Å². The number of hydrogen-bond donors (Lipinski definition) is 1. The molecular formula is C27H27ClN4O2S. The standard InChI is InChI=1S/C24H19ClN4O2S.C3H8/c25-20-15-18(29-12-3-13-32(29)31)7-8-19(20)24(30)27-17-5-1-4-16(14-17)21-9-10-22-23(28-21)6-2-11-26-22;1-3-2/h1-2,4-11,14-15H,3,12-13H2,(H,27,30);3H2,1-2H3. The van der Waals surface area contributed by atoms with Gasteiger partial charge in [0.1, 0.15) is 11.0 Å². The first-order valence-corrected chi connectivity index (χ1v) is 13.2. The van der Waals surface area contributed by atoms with Gasteiger partial charge in [-0.1, -0.05) is 44.0 Å². The van der Waals surface area contributed by atoms with Gasteiger partial charge in [0.05, 0.1) is 33.0 Å². The van der Waals surface area contributed by atoms with Crippen LogP contribution in [-0.4, -0.2) is 32.4 Å². The van der Waals surface area contributed by atoms with Crippen LogP contribution in [0.15, 0.2) is 72.9 Å². The smallest absolute Gasteiger partial charge is 0.257 e. The number of halogens is 1. The van der Waals surface area contributed by atoms with E-state index in [4.69, 9.17) is 11.6 Å². The number of nitrogens with zero attached hydrogens (tertiary/aromatic N) is 3. The van der Waals surface area contributed by atoms with Crippen LogP contribution in [0.4, 0.5) is 11.4 Å². The number of amides is 1. The fourth-order valence-electron chi connectivity index (χ4n) is 3.71. The second-order valence-electron chi connectivity index (χ2n) is 8.13. The quantitative estimate of drug-likeness (QED) is 0.343. The van der Waals surface area contributed by atoms with Gasteiger partial charge in [0.15, 0.2) is 0 Å². The average molecular weight is 507 g/mol. The molecule has 0 spiro atoms. The molecule has 1 unspecified atom stereocenters. The van der Waals surface area contributed by atoms with Crippen molar-refractivity contribution in [3.05, 3.63) is 83.5 Å². The summed E-state index contributed by atoms with van der Waals surface area (Å²) in [6.45, 7) is 4.97. The Morgan fingerprint density at radius 1 is 1.06 bits per heavy atom.